The van der Waals surface area contributed by atoms with Gasteiger partial charge in [-0.1, -0.05) is 43.4 Å². The van der Waals surface area contributed by atoms with Crippen molar-refractivity contribution in [3.8, 4) is 6.07 Å². The van der Waals surface area contributed by atoms with Crippen LogP contribution in [0.2, 0.25) is 5.02 Å². The van der Waals surface area contributed by atoms with E-state index in [-0.39, 0.29) is 11.1 Å². The van der Waals surface area contributed by atoms with Gasteiger partial charge in [0, 0.05) is 22.7 Å². The van der Waals surface area contributed by atoms with Crippen LogP contribution in [0.4, 0.5) is 4.39 Å². The highest BCUT2D eigenvalue weighted by atomic mass is 35.5. The van der Waals surface area contributed by atoms with Crippen LogP contribution in [0, 0.1) is 34.4 Å². The van der Waals surface area contributed by atoms with Gasteiger partial charge < -0.3 is 10.4 Å². The average Bonchev–Trinajstić information content (AvgIpc) is 3.57. The van der Waals surface area contributed by atoms with Gasteiger partial charge in [-0.05, 0) is 55.7 Å². The Hall–Kier alpha value is -2.06. The molecule has 6 heteroatoms. The molecule has 1 aromatic rings. The number of hydrogen-bond donors (Lipinski definition) is 2. The Labute approximate surface area is 175 Å². The molecule has 1 aliphatic heterocycles. The molecule has 29 heavy (non-hydrogen) atoms. The van der Waals surface area contributed by atoms with Crippen LogP contribution in [0.5, 0.6) is 0 Å². The lowest BCUT2D eigenvalue weighted by Crippen LogP contribution is -2.57. The maximum atomic E-state index is 13.7. The van der Waals surface area contributed by atoms with Crippen molar-refractivity contribution in [2.75, 3.05) is 0 Å². The molecule has 4 rings (SSSR count). The number of rotatable bonds is 7. The van der Waals surface area contributed by atoms with Crippen LogP contribution in [0.1, 0.15) is 63.4 Å². The summed E-state index contributed by atoms with van der Waals surface area (Å²) in [4.78, 5) is 13.0. The average molecular weight is 417 g/mol. The van der Waals surface area contributed by atoms with Gasteiger partial charge in [-0.25, -0.2) is 4.39 Å². The number of carbonyl (C=O) groups is 1. The SMILES string of the molecule is CC1=C(C#N)C(c2ccc(F)cc2Cl)C(CC2CC2)(C(=O)O)C(CCC2CC2)N1. The number of nitrogens with one attached hydrogen (secondary N) is 1. The number of carboxylic acids is 1. The molecule has 154 valence electrons. The minimum Gasteiger partial charge on any atom is -0.481 e. The third kappa shape index (κ3) is 3.75. The predicted octanol–water partition coefficient (Wildman–Crippen LogP) is 5.39. The van der Waals surface area contributed by atoms with Gasteiger partial charge in [0.15, 0.2) is 0 Å². The molecule has 2 N–H and O–H groups in total. The second-order valence-corrected chi connectivity index (χ2v) is 9.37. The number of allylic oxidation sites excluding steroid dienone is 2. The number of nitrogens with zero attached hydrogens (tertiary/aromatic N) is 1. The monoisotopic (exact) mass is 416 g/mol. The molecule has 1 aromatic carbocycles. The third-order valence-electron chi connectivity index (χ3n) is 6.90. The summed E-state index contributed by atoms with van der Waals surface area (Å²) in [5.41, 5.74) is 0.447. The van der Waals surface area contributed by atoms with E-state index in [9.17, 15) is 19.6 Å². The van der Waals surface area contributed by atoms with Gasteiger partial charge >= 0.3 is 5.97 Å². The Morgan fingerprint density at radius 1 is 1.31 bits per heavy atom. The highest BCUT2D eigenvalue weighted by Gasteiger charge is 2.58. The number of carboxylic acid groups (broad SMARTS) is 1. The molecular weight excluding hydrogens is 391 g/mol. The topological polar surface area (TPSA) is 73.1 Å². The first-order valence-corrected chi connectivity index (χ1v) is 10.8. The fourth-order valence-corrected chi connectivity index (χ4v) is 5.29. The normalized spacial score (nSPS) is 29.3. The summed E-state index contributed by atoms with van der Waals surface area (Å²) in [6, 6.07) is 6.03. The van der Waals surface area contributed by atoms with Gasteiger partial charge in [-0.3, -0.25) is 4.79 Å². The molecule has 2 aliphatic carbocycles. The summed E-state index contributed by atoms with van der Waals surface area (Å²) < 4.78 is 13.7. The van der Waals surface area contributed by atoms with E-state index in [1.54, 1.807) is 6.07 Å². The Kier molecular flexibility index (Phi) is 5.33. The predicted molar refractivity (Wildman–Crippen MR) is 109 cm³/mol. The van der Waals surface area contributed by atoms with Crippen molar-refractivity contribution in [2.45, 2.75) is 63.8 Å². The van der Waals surface area contributed by atoms with E-state index in [0.717, 1.165) is 25.7 Å². The zero-order valence-corrected chi connectivity index (χ0v) is 17.3. The van der Waals surface area contributed by atoms with Crippen molar-refractivity contribution in [3.05, 3.63) is 45.9 Å². The van der Waals surface area contributed by atoms with Gasteiger partial charge in [0.05, 0.1) is 17.1 Å². The van der Waals surface area contributed by atoms with E-state index in [1.807, 2.05) is 6.92 Å². The highest BCUT2D eigenvalue weighted by Crippen LogP contribution is 2.56. The van der Waals surface area contributed by atoms with Crippen molar-refractivity contribution in [1.82, 2.24) is 5.32 Å². The van der Waals surface area contributed by atoms with Crippen LogP contribution >= 0.6 is 11.6 Å². The minimum absolute atomic E-state index is 0.180. The van der Waals surface area contributed by atoms with E-state index in [1.165, 1.54) is 25.0 Å². The summed E-state index contributed by atoms with van der Waals surface area (Å²) in [5.74, 6) is -1.04. The maximum Gasteiger partial charge on any atom is 0.312 e. The molecule has 2 saturated carbocycles. The molecule has 0 spiro atoms. The fraction of sp³-hybridized carbons (Fsp3) is 0.565. The van der Waals surface area contributed by atoms with E-state index < -0.39 is 23.1 Å². The zero-order chi connectivity index (χ0) is 20.8. The lowest BCUT2D eigenvalue weighted by atomic mass is 9.59. The standard InChI is InChI=1S/C23H26ClFN2O2/c1-13-18(12-26)21(17-8-7-16(25)10-19(17)24)23(22(28)29,11-15-4-5-15)20(27-13)9-6-14-2-3-14/h7-8,10,14-15,20-21,27H,2-6,9,11H2,1H3,(H,28,29). The molecule has 0 amide bonds. The van der Waals surface area contributed by atoms with E-state index >= 15 is 0 Å². The molecular formula is C23H26ClFN2O2. The number of benzene rings is 1. The van der Waals surface area contributed by atoms with Crippen LogP contribution in [0.25, 0.3) is 0 Å². The minimum atomic E-state index is -1.18. The van der Waals surface area contributed by atoms with Gasteiger partial charge in [-0.15, -0.1) is 0 Å². The molecule has 0 radical (unpaired) electrons. The molecule has 3 unspecified atom stereocenters. The Balaban J connectivity index is 1.87. The van der Waals surface area contributed by atoms with Gasteiger partial charge in [0.1, 0.15) is 5.82 Å². The number of nitriles is 1. The van der Waals surface area contributed by atoms with Crippen LogP contribution in [0.3, 0.4) is 0 Å². The van der Waals surface area contributed by atoms with Gasteiger partial charge in [0.2, 0.25) is 0 Å². The van der Waals surface area contributed by atoms with Crippen molar-refractivity contribution in [2.24, 2.45) is 17.3 Å². The quantitative estimate of drug-likeness (QED) is 0.624. The number of aliphatic carboxylic acids is 1. The summed E-state index contributed by atoms with van der Waals surface area (Å²) >= 11 is 6.42. The van der Waals surface area contributed by atoms with E-state index in [2.05, 4.69) is 11.4 Å². The second kappa shape index (κ2) is 7.65. The fourth-order valence-electron chi connectivity index (χ4n) is 5.02. The molecule has 2 fully saturated rings. The van der Waals surface area contributed by atoms with E-state index in [0.29, 0.717) is 35.1 Å². The molecule has 0 bridgehead atoms. The lowest BCUT2D eigenvalue weighted by molar-refractivity contribution is -0.153. The molecule has 3 atom stereocenters. The molecule has 0 saturated heterocycles. The first-order chi connectivity index (χ1) is 13.9. The van der Waals surface area contributed by atoms with Crippen molar-refractivity contribution in [3.63, 3.8) is 0 Å². The lowest BCUT2D eigenvalue weighted by Gasteiger charge is -2.48. The third-order valence-corrected chi connectivity index (χ3v) is 7.22. The van der Waals surface area contributed by atoms with Gasteiger partial charge in [0.25, 0.3) is 0 Å². The van der Waals surface area contributed by atoms with Crippen LogP contribution in [0.15, 0.2) is 29.5 Å². The van der Waals surface area contributed by atoms with Crippen molar-refractivity contribution >= 4 is 17.6 Å². The second-order valence-electron chi connectivity index (χ2n) is 8.96. The van der Waals surface area contributed by atoms with Crippen LogP contribution in [-0.2, 0) is 4.79 Å². The number of hydrogen-bond acceptors (Lipinski definition) is 3. The van der Waals surface area contributed by atoms with Crippen LogP contribution < -0.4 is 5.32 Å². The van der Waals surface area contributed by atoms with Crippen LogP contribution in [-0.4, -0.2) is 17.1 Å². The summed E-state index contributed by atoms with van der Waals surface area (Å²) in [6.45, 7) is 1.83. The zero-order valence-electron chi connectivity index (χ0n) is 16.5. The molecule has 0 aromatic heterocycles. The maximum absolute atomic E-state index is 13.7. The molecule has 1 heterocycles. The van der Waals surface area contributed by atoms with Crippen molar-refractivity contribution in [1.29, 1.82) is 5.26 Å². The van der Waals surface area contributed by atoms with Gasteiger partial charge in [-0.2, -0.15) is 5.26 Å². The first kappa shape index (κ1) is 20.2. The largest absolute Gasteiger partial charge is 0.481 e. The Morgan fingerprint density at radius 3 is 2.55 bits per heavy atom. The smallest absolute Gasteiger partial charge is 0.312 e. The molecule has 3 aliphatic rings. The summed E-state index contributed by atoms with van der Waals surface area (Å²) in [7, 11) is 0. The summed E-state index contributed by atoms with van der Waals surface area (Å²) in [6.07, 6.45) is 6.67. The molecule has 4 nitrogen and oxygen atoms in total. The van der Waals surface area contributed by atoms with E-state index in [4.69, 9.17) is 11.6 Å². The number of halogens is 2. The Bertz CT molecular complexity index is 901. The first-order valence-electron chi connectivity index (χ1n) is 10.4. The summed E-state index contributed by atoms with van der Waals surface area (Å²) in [5, 5.41) is 24.1. The highest BCUT2D eigenvalue weighted by molar-refractivity contribution is 6.31. The van der Waals surface area contributed by atoms with Crippen molar-refractivity contribution < 1.29 is 14.3 Å². The Morgan fingerprint density at radius 2 is 2.00 bits per heavy atom.